The number of rotatable bonds is 5. The average molecular weight is 391 g/mol. The van der Waals surface area contributed by atoms with E-state index in [9.17, 15) is 9.59 Å². The van der Waals surface area contributed by atoms with Gasteiger partial charge >= 0.3 is 0 Å². The van der Waals surface area contributed by atoms with Crippen LogP contribution in [0.4, 0.5) is 11.4 Å². The molecule has 0 fully saturated rings. The van der Waals surface area contributed by atoms with Crippen LogP contribution >= 0.6 is 11.6 Å². The number of halogens is 1. The van der Waals surface area contributed by atoms with E-state index < -0.39 is 5.92 Å². The summed E-state index contributed by atoms with van der Waals surface area (Å²) in [6.45, 7) is 0.101. The van der Waals surface area contributed by atoms with Crippen molar-refractivity contribution < 1.29 is 23.8 Å². The minimum absolute atomic E-state index is 0.0642. The molecule has 2 aromatic rings. The van der Waals surface area contributed by atoms with E-state index in [1.807, 2.05) is 6.07 Å². The first kappa shape index (κ1) is 18.8. The predicted octanol–water partition coefficient (Wildman–Crippen LogP) is 3.33. The minimum Gasteiger partial charge on any atom is -0.497 e. The van der Waals surface area contributed by atoms with E-state index >= 15 is 0 Å². The van der Waals surface area contributed by atoms with Crippen molar-refractivity contribution in [2.24, 2.45) is 5.92 Å². The molecule has 27 heavy (non-hydrogen) atoms. The Balaban J connectivity index is 1.71. The number of carbonyl (C=O) groups is 2. The number of benzene rings is 2. The number of amides is 2. The Kier molecular flexibility index (Phi) is 5.71. The van der Waals surface area contributed by atoms with Crippen molar-refractivity contribution in [2.45, 2.75) is 6.42 Å². The molecule has 0 saturated carbocycles. The highest BCUT2D eigenvalue weighted by Gasteiger charge is 2.27. The van der Waals surface area contributed by atoms with Gasteiger partial charge in [-0.3, -0.25) is 9.59 Å². The zero-order chi connectivity index (χ0) is 19.4. The summed E-state index contributed by atoms with van der Waals surface area (Å²) in [5, 5.41) is 5.75. The van der Waals surface area contributed by atoms with E-state index in [-0.39, 0.29) is 29.9 Å². The maximum atomic E-state index is 12.5. The van der Waals surface area contributed by atoms with Gasteiger partial charge < -0.3 is 24.8 Å². The molecule has 8 heteroatoms. The van der Waals surface area contributed by atoms with Gasteiger partial charge in [-0.1, -0.05) is 23.7 Å². The lowest BCUT2D eigenvalue weighted by atomic mass is 10.1. The number of para-hydroxylation sites is 2. The van der Waals surface area contributed by atoms with Crippen LogP contribution in [-0.2, 0) is 9.59 Å². The fourth-order valence-electron chi connectivity index (χ4n) is 2.72. The summed E-state index contributed by atoms with van der Waals surface area (Å²) >= 11 is 6.22. The molecular weight excluding hydrogens is 372 g/mol. The number of hydrogen-bond acceptors (Lipinski definition) is 5. The first-order valence-corrected chi connectivity index (χ1v) is 8.63. The van der Waals surface area contributed by atoms with E-state index in [2.05, 4.69) is 10.6 Å². The molecule has 0 saturated heterocycles. The Morgan fingerprint density at radius 1 is 1.30 bits per heavy atom. The molecule has 1 heterocycles. The molecule has 0 aliphatic carbocycles. The van der Waals surface area contributed by atoms with Crippen LogP contribution in [0.15, 0.2) is 36.4 Å². The molecule has 142 valence electrons. The number of methoxy groups -OCH3 is 2. The molecule has 1 atom stereocenters. The standard InChI is InChI=1S/C19H19ClN2O5/c1-25-12-8-13(20)18(16(9-12)26-2)22-17(23)7-11-10-27-15-6-4-3-5-14(15)21-19(11)24/h3-6,8-9,11H,7,10H2,1-2H3,(H,21,24)(H,22,23). The van der Waals surface area contributed by atoms with E-state index in [4.69, 9.17) is 25.8 Å². The fraction of sp³-hybridized carbons (Fsp3) is 0.263. The topological polar surface area (TPSA) is 85.9 Å². The maximum Gasteiger partial charge on any atom is 0.231 e. The molecule has 0 spiro atoms. The summed E-state index contributed by atoms with van der Waals surface area (Å²) in [6.07, 6.45) is -0.0642. The molecule has 2 N–H and O–H groups in total. The Morgan fingerprint density at radius 3 is 2.81 bits per heavy atom. The van der Waals surface area contributed by atoms with Crippen molar-refractivity contribution >= 4 is 34.8 Å². The Morgan fingerprint density at radius 2 is 2.07 bits per heavy atom. The number of hydrogen-bond donors (Lipinski definition) is 2. The Hall–Kier alpha value is -2.93. The van der Waals surface area contributed by atoms with E-state index in [0.29, 0.717) is 28.6 Å². The summed E-state index contributed by atoms with van der Waals surface area (Å²) in [5.74, 6) is 0.151. The Bertz CT molecular complexity index is 871. The van der Waals surface area contributed by atoms with Crippen LogP contribution in [0.2, 0.25) is 5.02 Å². The molecule has 2 aromatic carbocycles. The molecule has 0 bridgehead atoms. The highest BCUT2D eigenvalue weighted by atomic mass is 35.5. The SMILES string of the molecule is COc1cc(Cl)c(NC(=O)CC2COc3ccccc3NC2=O)c(OC)c1. The summed E-state index contributed by atoms with van der Waals surface area (Å²) in [7, 11) is 2.97. The number of fused-ring (bicyclic) bond motifs is 1. The normalized spacial score (nSPS) is 15.7. The summed E-state index contributed by atoms with van der Waals surface area (Å²) < 4.78 is 16.0. The lowest BCUT2D eigenvalue weighted by molar-refractivity contribution is -0.125. The van der Waals surface area contributed by atoms with Crippen LogP contribution in [0.3, 0.4) is 0 Å². The van der Waals surface area contributed by atoms with Crippen LogP contribution in [-0.4, -0.2) is 32.6 Å². The zero-order valence-electron chi connectivity index (χ0n) is 14.9. The minimum atomic E-state index is -0.639. The molecular formula is C19H19ClN2O5. The molecule has 2 amide bonds. The van der Waals surface area contributed by atoms with Crippen LogP contribution in [0.5, 0.6) is 17.2 Å². The highest BCUT2D eigenvalue weighted by molar-refractivity contribution is 6.34. The van der Waals surface area contributed by atoms with Crippen LogP contribution in [0.25, 0.3) is 0 Å². The Labute approximate surface area is 161 Å². The molecule has 3 rings (SSSR count). The third-order valence-electron chi connectivity index (χ3n) is 4.14. The third-order valence-corrected chi connectivity index (χ3v) is 4.43. The number of ether oxygens (including phenoxy) is 3. The van der Waals surface area contributed by atoms with Crippen LogP contribution in [0, 0.1) is 5.92 Å². The van der Waals surface area contributed by atoms with Crippen molar-refractivity contribution in [1.29, 1.82) is 0 Å². The molecule has 1 unspecified atom stereocenters. The molecule has 1 aliphatic heterocycles. The second-order valence-corrected chi connectivity index (χ2v) is 6.34. The second-order valence-electron chi connectivity index (χ2n) is 5.93. The summed E-state index contributed by atoms with van der Waals surface area (Å²) in [4.78, 5) is 24.9. The van der Waals surface area contributed by atoms with Gasteiger partial charge in [0.15, 0.2) is 0 Å². The van der Waals surface area contributed by atoms with Crippen LogP contribution < -0.4 is 24.8 Å². The zero-order valence-corrected chi connectivity index (χ0v) is 15.6. The van der Waals surface area contributed by atoms with Crippen molar-refractivity contribution in [3.63, 3.8) is 0 Å². The predicted molar refractivity (Wildman–Crippen MR) is 102 cm³/mol. The fourth-order valence-corrected chi connectivity index (χ4v) is 2.97. The van der Waals surface area contributed by atoms with Crippen molar-refractivity contribution in [3.05, 3.63) is 41.4 Å². The van der Waals surface area contributed by atoms with Crippen molar-refractivity contribution in [2.75, 3.05) is 31.5 Å². The van der Waals surface area contributed by atoms with Gasteiger partial charge in [-0.2, -0.15) is 0 Å². The largest absolute Gasteiger partial charge is 0.497 e. The van der Waals surface area contributed by atoms with E-state index in [1.165, 1.54) is 14.2 Å². The third kappa shape index (κ3) is 4.25. The number of anilines is 2. The van der Waals surface area contributed by atoms with Gasteiger partial charge in [0.1, 0.15) is 29.5 Å². The van der Waals surface area contributed by atoms with Gasteiger partial charge in [0.2, 0.25) is 11.8 Å². The second kappa shape index (κ2) is 8.18. The molecule has 0 radical (unpaired) electrons. The van der Waals surface area contributed by atoms with E-state index in [0.717, 1.165) is 0 Å². The van der Waals surface area contributed by atoms with Gasteiger partial charge in [0.25, 0.3) is 0 Å². The van der Waals surface area contributed by atoms with Crippen molar-refractivity contribution in [1.82, 2.24) is 0 Å². The molecule has 0 aromatic heterocycles. The van der Waals surface area contributed by atoms with Crippen molar-refractivity contribution in [3.8, 4) is 17.2 Å². The molecule has 1 aliphatic rings. The van der Waals surface area contributed by atoms with Gasteiger partial charge in [0.05, 0.1) is 30.8 Å². The number of nitrogens with one attached hydrogen (secondary N) is 2. The first-order valence-electron chi connectivity index (χ1n) is 8.26. The lowest BCUT2D eigenvalue weighted by Gasteiger charge is -2.16. The first-order chi connectivity index (χ1) is 13.0. The number of carbonyl (C=O) groups excluding carboxylic acids is 2. The quantitative estimate of drug-likeness (QED) is 0.817. The summed E-state index contributed by atoms with van der Waals surface area (Å²) in [6, 6.07) is 10.3. The maximum absolute atomic E-state index is 12.5. The van der Waals surface area contributed by atoms with Gasteiger partial charge in [0, 0.05) is 18.6 Å². The lowest BCUT2D eigenvalue weighted by Crippen LogP contribution is -2.29. The van der Waals surface area contributed by atoms with Gasteiger partial charge in [-0.05, 0) is 12.1 Å². The molecule has 7 nitrogen and oxygen atoms in total. The highest BCUT2D eigenvalue weighted by Crippen LogP contribution is 2.37. The summed E-state index contributed by atoms with van der Waals surface area (Å²) in [5.41, 5.74) is 0.911. The van der Waals surface area contributed by atoms with Gasteiger partial charge in [-0.15, -0.1) is 0 Å². The average Bonchev–Trinajstić information content (AvgIpc) is 2.82. The van der Waals surface area contributed by atoms with Gasteiger partial charge in [-0.25, -0.2) is 0 Å². The smallest absolute Gasteiger partial charge is 0.231 e. The van der Waals surface area contributed by atoms with E-state index in [1.54, 1.807) is 30.3 Å². The monoisotopic (exact) mass is 390 g/mol. The van der Waals surface area contributed by atoms with Crippen LogP contribution in [0.1, 0.15) is 6.42 Å².